The predicted molar refractivity (Wildman–Crippen MR) is 56.7 cm³/mol. The van der Waals surface area contributed by atoms with Gasteiger partial charge in [0, 0.05) is 12.7 Å². The zero-order valence-corrected chi connectivity index (χ0v) is 9.04. The normalized spacial score (nSPS) is 20.6. The maximum Gasteiger partial charge on any atom is 0.213 e. The zero-order valence-electron chi connectivity index (χ0n) is 7.46. The highest BCUT2D eigenvalue weighted by atomic mass is 35.5. The summed E-state index contributed by atoms with van der Waals surface area (Å²) in [7, 11) is 0. The van der Waals surface area contributed by atoms with Gasteiger partial charge in [0.05, 0.1) is 5.02 Å². The molecule has 1 unspecified atom stereocenters. The van der Waals surface area contributed by atoms with E-state index in [1.54, 1.807) is 0 Å². The van der Waals surface area contributed by atoms with Gasteiger partial charge in [-0.3, -0.25) is 0 Å². The van der Waals surface area contributed by atoms with E-state index in [4.69, 9.17) is 11.6 Å². The third-order valence-electron chi connectivity index (χ3n) is 2.35. The molecule has 0 spiro atoms. The van der Waals surface area contributed by atoms with Gasteiger partial charge in [-0.1, -0.05) is 11.6 Å². The van der Waals surface area contributed by atoms with Crippen LogP contribution >= 0.6 is 24.0 Å². The van der Waals surface area contributed by atoms with Gasteiger partial charge >= 0.3 is 0 Å². The lowest BCUT2D eigenvalue weighted by Crippen LogP contribution is -2.08. The number of pyridine rings is 1. The molecule has 1 N–H and O–H groups in total. The van der Waals surface area contributed by atoms with Gasteiger partial charge in [0.2, 0.25) is 5.95 Å². The summed E-state index contributed by atoms with van der Waals surface area (Å²) in [5.41, 5.74) is 0.874. The average molecular weight is 237 g/mol. The molecule has 5 heteroatoms. The fourth-order valence-electron chi connectivity index (χ4n) is 1.66. The van der Waals surface area contributed by atoms with Crippen molar-refractivity contribution in [2.45, 2.75) is 12.3 Å². The van der Waals surface area contributed by atoms with E-state index in [9.17, 15) is 4.39 Å². The second-order valence-corrected chi connectivity index (χ2v) is 3.63. The van der Waals surface area contributed by atoms with Gasteiger partial charge in [0.1, 0.15) is 0 Å². The van der Waals surface area contributed by atoms with Crippen molar-refractivity contribution in [2.24, 2.45) is 0 Å². The Bertz CT molecular complexity index is 314. The van der Waals surface area contributed by atoms with E-state index in [1.807, 2.05) is 0 Å². The molecule has 0 bridgehead atoms. The van der Waals surface area contributed by atoms with E-state index in [1.165, 1.54) is 12.3 Å². The fourth-order valence-corrected chi connectivity index (χ4v) is 1.92. The van der Waals surface area contributed by atoms with E-state index in [-0.39, 0.29) is 12.4 Å². The number of hydrogen-bond acceptors (Lipinski definition) is 2. The number of rotatable bonds is 1. The minimum absolute atomic E-state index is 0. The van der Waals surface area contributed by atoms with Crippen LogP contribution in [0.25, 0.3) is 0 Å². The average Bonchev–Trinajstić information content (AvgIpc) is 2.61. The zero-order chi connectivity index (χ0) is 9.26. The number of hydrogen-bond donors (Lipinski definition) is 1. The molecule has 0 amide bonds. The molecular formula is C9H11Cl2FN2. The number of nitrogens with zero attached hydrogens (tertiary/aromatic N) is 1. The Labute approximate surface area is 93.3 Å². The van der Waals surface area contributed by atoms with Crippen LogP contribution in [0.5, 0.6) is 0 Å². The second-order valence-electron chi connectivity index (χ2n) is 3.22. The second kappa shape index (κ2) is 4.91. The lowest BCUT2D eigenvalue weighted by molar-refractivity contribution is 0.578. The summed E-state index contributed by atoms with van der Waals surface area (Å²) >= 11 is 5.92. The SMILES string of the molecule is Cl.Fc1cc(C2CCNC2)c(Cl)cn1. The van der Waals surface area contributed by atoms with Crippen LogP contribution in [0.15, 0.2) is 12.3 Å². The largest absolute Gasteiger partial charge is 0.316 e. The highest BCUT2D eigenvalue weighted by Crippen LogP contribution is 2.28. The fraction of sp³-hybridized carbons (Fsp3) is 0.444. The summed E-state index contributed by atoms with van der Waals surface area (Å²) in [5.74, 6) is -0.115. The van der Waals surface area contributed by atoms with Crippen LogP contribution in [0.2, 0.25) is 5.02 Å². The standard InChI is InChI=1S/C9H10ClFN2.ClH/c10-8-5-13-9(11)3-7(8)6-1-2-12-4-6;/h3,5-6,12H,1-2,4H2;1H. The molecule has 2 rings (SSSR count). The highest BCUT2D eigenvalue weighted by molar-refractivity contribution is 6.31. The Kier molecular flexibility index (Phi) is 4.11. The summed E-state index contributed by atoms with van der Waals surface area (Å²) < 4.78 is 12.8. The maximum absolute atomic E-state index is 12.8. The molecule has 1 fully saturated rings. The monoisotopic (exact) mass is 236 g/mol. The topological polar surface area (TPSA) is 24.9 Å². The van der Waals surface area contributed by atoms with Crippen molar-refractivity contribution in [3.8, 4) is 0 Å². The molecule has 2 heterocycles. The summed E-state index contributed by atoms with van der Waals surface area (Å²) in [6.45, 7) is 1.86. The van der Waals surface area contributed by atoms with Gasteiger partial charge in [0.15, 0.2) is 0 Å². The smallest absolute Gasteiger partial charge is 0.213 e. The molecule has 1 atom stereocenters. The first-order valence-corrected chi connectivity index (χ1v) is 4.67. The molecule has 0 radical (unpaired) electrons. The van der Waals surface area contributed by atoms with Crippen LogP contribution in [0, 0.1) is 5.95 Å². The Morgan fingerprint density at radius 2 is 2.36 bits per heavy atom. The molecule has 1 aromatic heterocycles. The van der Waals surface area contributed by atoms with E-state index in [0.717, 1.165) is 25.1 Å². The summed E-state index contributed by atoms with van der Waals surface area (Å²) in [5, 5.41) is 3.78. The molecule has 78 valence electrons. The van der Waals surface area contributed by atoms with Gasteiger partial charge in [-0.05, 0) is 30.5 Å². The van der Waals surface area contributed by atoms with Crippen LogP contribution in [0.3, 0.4) is 0 Å². The van der Waals surface area contributed by atoms with Crippen LogP contribution in [-0.4, -0.2) is 18.1 Å². The first-order valence-electron chi connectivity index (χ1n) is 4.29. The molecule has 0 aromatic carbocycles. The minimum atomic E-state index is -0.452. The van der Waals surface area contributed by atoms with Crippen LogP contribution < -0.4 is 5.32 Å². The molecule has 14 heavy (non-hydrogen) atoms. The third-order valence-corrected chi connectivity index (χ3v) is 2.67. The van der Waals surface area contributed by atoms with Crippen molar-refractivity contribution in [1.82, 2.24) is 10.3 Å². The molecule has 1 aromatic rings. The van der Waals surface area contributed by atoms with Gasteiger partial charge in [-0.2, -0.15) is 4.39 Å². The van der Waals surface area contributed by atoms with Crippen molar-refractivity contribution < 1.29 is 4.39 Å². The van der Waals surface area contributed by atoms with Gasteiger partial charge in [-0.25, -0.2) is 4.98 Å². The molecular weight excluding hydrogens is 226 g/mol. The van der Waals surface area contributed by atoms with Crippen LogP contribution in [-0.2, 0) is 0 Å². The third kappa shape index (κ3) is 2.35. The van der Waals surface area contributed by atoms with Crippen molar-refractivity contribution in [1.29, 1.82) is 0 Å². The van der Waals surface area contributed by atoms with E-state index < -0.39 is 5.95 Å². The minimum Gasteiger partial charge on any atom is -0.316 e. The Hall–Kier alpha value is -0.380. The van der Waals surface area contributed by atoms with Crippen LogP contribution in [0.4, 0.5) is 4.39 Å². The Morgan fingerprint density at radius 3 is 3.00 bits per heavy atom. The van der Waals surface area contributed by atoms with Crippen molar-refractivity contribution in [2.75, 3.05) is 13.1 Å². The quantitative estimate of drug-likeness (QED) is 0.758. The Morgan fingerprint density at radius 1 is 1.57 bits per heavy atom. The number of nitrogens with one attached hydrogen (secondary N) is 1. The molecule has 1 saturated heterocycles. The van der Waals surface area contributed by atoms with Crippen LogP contribution in [0.1, 0.15) is 17.9 Å². The lowest BCUT2D eigenvalue weighted by atomic mass is 10.00. The summed E-state index contributed by atoms with van der Waals surface area (Å²) in [6.07, 6.45) is 2.40. The van der Waals surface area contributed by atoms with E-state index in [0.29, 0.717) is 10.9 Å². The number of aromatic nitrogens is 1. The van der Waals surface area contributed by atoms with Crippen molar-refractivity contribution in [3.05, 3.63) is 28.8 Å². The van der Waals surface area contributed by atoms with Crippen molar-refractivity contribution >= 4 is 24.0 Å². The number of halogens is 3. The maximum atomic E-state index is 12.8. The first kappa shape index (κ1) is 11.7. The summed E-state index contributed by atoms with van der Waals surface area (Å²) in [6, 6.07) is 1.43. The first-order chi connectivity index (χ1) is 6.27. The molecule has 1 aliphatic rings. The molecule has 2 nitrogen and oxygen atoms in total. The molecule has 0 aliphatic carbocycles. The summed E-state index contributed by atoms with van der Waals surface area (Å²) in [4.78, 5) is 3.49. The van der Waals surface area contributed by atoms with E-state index in [2.05, 4.69) is 10.3 Å². The van der Waals surface area contributed by atoms with Gasteiger partial charge in [-0.15, -0.1) is 12.4 Å². The predicted octanol–water partition coefficient (Wildman–Crippen LogP) is 2.37. The van der Waals surface area contributed by atoms with Gasteiger partial charge in [0.25, 0.3) is 0 Å². The highest BCUT2D eigenvalue weighted by Gasteiger charge is 2.19. The Balaban J connectivity index is 0.000000980. The van der Waals surface area contributed by atoms with Crippen molar-refractivity contribution in [3.63, 3.8) is 0 Å². The molecule has 1 aliphatic heterocycles. The molecule has 0 saturated carbocycles. The van der Waals surface area contributed by atoms with Gasteiger partial charge < -0.3 is 5.32 Å². The lowest BCUT2D eigenvalue weighted by Gasteiger charge is -2.09. The van der Waals surface area contributed by atoms with E-state index >= 15 is 0 Å².